The molecule has 7 heteroatoms. The Morgan fingerprint density at radius 3 is 2.59 bits per heavy atom. The molecule has 4 atom stereocenters. The number of ketones is 1. The summed E-state index contributed by atoms with van der Waals surface area (Å²) < 4.78 is 6.12. The summed E-state index contributed by atoms with van der Waals surface area (Å²) >= 11 is 0. The summed E-state index contributed by atoms with van der Waals surface area (Å²) in [6.07, 6.45) is 13.7. The predicted octanol–water partition coefficient (Wildman–Crippen LogP) is -3.90. The van der Waals surface area contributed by atoms with E-state index in [1.807, 2.05) is 6.08 Å². The number of hydrogen-bond acceptors (Lipinski definition) is 5. The molecule has 0 spiro atoms. The van der Waals surface area contributed by atoms with E-state index >= 15 is 0 Å². The van der Waals surface area contributed by atoms with Crippen molar-refractivity contribution in [3.63, 3.8) is 0 Å². The van der Waals surface area contributed by atoms with Gasteiger partial charge in [-0.2, -0.15) is 6.42 Å². The molecule has 0 radical (unpaired) electrons. The fourth-order valence-electron chi connectivity index (χ4n) is 4.88. The Morgan fingerprint density at radius 2 is 1.85 bits per heavy atom. The fourth-order valence-corrected chi connectivity index (χ4v) is 4.88. The first-order chi connectivity index (χ1) is 11.6. The number of carboxylic acids is 1. The van der Waals surface area contributed by atoms with Gasteiger partial charge < -0.3 is 26.5 Å². The van der Waals surface area contributed by atoms with Gasteiger partial charge >= 0.3 is 59.1 Å². The van der Waals surface area contributed by atoms with E-state index < -0.39 is 11.9 Å². The van der Waals surface area contributed by atoms with Gasteiger partial charge in [-0.25, -0.2) is 0 Å². The van der Waals surface area contributed by atoms with Gasteiger partial charge in [0, 0.05) is 29.5 Å². The number of carboxylic acid groups (broad SMARTS) is 1. The third-order valence-electron chi connectivity index (χ3n) is 5.94. The summed E-state index contributed by atoms with van der Waals surface area (Å²) in [4.78, 5) is 23.5. The number of fused-ring (bicyclic) bond motifs is 2. The van der Waals surface area contributed by atoms with E-state index in [4.69, 9.17) is 4.74 Å². The van der Waals surface area contributed by atoms with Crippen LogP contribution in [0.3, 0.4) is 0 Å². The van der Waals surface area contributed by atoms with Crippen molar-refractivity contribution in [2.45, 2.75) is 51.0 Å². The summed E-state index contributed by atoms with van der Waals surface area (Å²) in [6, 6.07) is 0. The van der Waals surface area contributed by atoms with Crippen LogP contribution in [0, 0.1) is 24.2 Å². The second kappa shape index (κ2) is 10.8. The van der Waals surface area contributed by atoms with Gasteiger partial charge in [-0.05, 0) is 36.5 Å². The average molecular weight is 389 g/mol. The molecule has 0 aromatic heterocycles. The van der Waals surface area contributed by atoms with Gasteiger partial charge in [-0.3, -0.25) is 4.79 Å². The summed E-state index contributed by atoms with van der Waals surface area (Å²) in [5, 5.41) is 11.7. The van der Waals surface area contributed by atoms with E-state index in [2.05, 4.69) is 6.42 Å². The molecule has 1 aliphatic heterocycles. The van der Waals surface area contributed by atoms with Crippen LogP contribution in [0.15, 0.2) is 35.1 Å². The molecular weight excluding hydrogens is 366 g/mol. The minimum absolute atomic E-state index is 0. The summed E-state index contributed by atoms with van der Waals surface area (Å²) in [6.45, 7) is 0. The molecule has 0 saturated heterocycles. The second-order valence-electron chi connectivity index (χ2n) is 7.29. The van der Waals surface area contributed by atoms with Crippen LogP contribution in [0.25, 0.3) is 0 Å². The van der Waals surface area contributed by atoms with Gasteiger partial charge in [0.15, 0.2) is 5.78 Å². The van der Waals surface area contributed by atoms with Crippen LogP contribution in [-0.2, 0) is 14.3 Å². The molecule has 1 N–H and O–H groups in total. The first kappa shape index (κ1) is 25.2. The van der Waals surface area contributed by atoms with Crippen molar-refractivity contribution in [1.29, 1.82) is 0 Å². The summed E-state index contributed by atoms with van der Waals surface area (Å²) in [5.74, 6) is -0.514. The van der Waals surface area contributed by atoms with Crippen molar-refractivity contribution >= 4 is 11.8 Å². The van der Waals surface area contributed by atoms with Crippen LogP contribution in [0.4, 0.5) is 0 Å². The Kier molecular flexibility index (Phi) is 10.0. The molecular formula is C20H23Na2O5-. The van der Waals surface area contributed by atoms with E-state index in [1.54, 1.807) is 12.2 Å². The molecule has 27 heavy (non-hydrogen) atoms. The molecule has 1 heterocycles. The van der Waals surface area contributed by atoms with Crippen molar-refractivity contribution < 1.29 is 84.0 Å². The zero-order chi connectivity index (χ0) is 16.7. The molecule has 5 nitrogen and oxygen atoms in total. The van der Waals surface area contributed by atoms with Crippen LogP contribution in [0.1, 0.15) is 44.9 Å². The number of carbonyl (C=O) groups is 2. The van der Waals surface area contributed by atoms with E-state index in [-0.39, 0.29) is 88.3 Å². The quantitative estimate of drug-likeness (QED) is 0.355. The second-order valence-corrected chi connectivity index (χ2v) is 7.29. The standard InChI is InChI=1S/C20H23O4.2Na.H2O/c21-12-9-10-16-18(11-12)24-17-8-4-3-7-15(17)19(16)13-5-1-2-6-14(13)20(22)23;;;/h4,9-11,13-15,17H,1-3,5-8H2,(H,22,23);;;1H2/q-1;2*+1;/p-2. The molecule has 0 aromatic rings. The molecule has 0 amide bonds. The molecule has 4 unspecified atom stereocenters. The Hall–Kier alpha value is 0.120. The number of aliphatic carboxylic acids is 1. The van der Waals surface area contributed by atoms with E-state index in [9.17, 15) is 14.7 Å². The molecule has 3 aliphatic carbocycles. The van der Waals surface area contributed by atoms with Crippen LogP contribution in [-0.4, -0.2) is 23.3 Å². The van der Waals surface area contributed by atoms with Gasteiger partial charge in [0.05, 0.1) is 6.10 Å². The van der Waals surface area contributed by atoms with E-state index in [0.717, 1.165) is 44.1 Å². The van der Waals surface area contributed by atoms with Gasteiger partial charge in [-0.15, -0.1) is 6.42 Å². The largest absolute Gasteiger partial charge is 1.00 e. The molecule has 136 valence electrons. The van der Waals surface area contributed by atoms with Crippen molar-refractivity contribution in [3.05, 3.63) is 41.6 Å². The van der Waals surface area contributed by atoms with Crippen LogP contribution in [0.5, 0.6) is 0 Å². The van der Waals surface area contributed by atoms with Crippen molar-refractivity contribution in [2.24, 2.45) is 17.8 Å². The summed E-state index contributed by atoms with van der Waals surface area (Å²) in [5.41, 5.74) is 2.17. The average Bonchev–Trinajstić information content (AvgIpc) is 2.59. The Bertz CT molecular complexity index is 667. The molecule has 2 fully saturated rings. The topological polar surface area (TPSA) is 96.4 Å². The molecule has 0 bridgehead atoms. The molecule has 2 saturated carbocycles. The van der Waals surface area contributed by atoms with Crippen LogP contribution in [0.2, 0.25) is 0 Å². The maximum absolute atomic E-state index is 11.8. The third kappa shape index (κ3) is 5.00. The van der Waals surface area contributed by atoms with Crippen molar-refractivity contribution in [2.75, 3.05) is 0 Å². The van der Waals surface area contributed by atoms with E-state index in [0.29, 0.717) is 12.2 Å². The zero-order valence-electron chi connectivity index (χ0n) is 16.1. The molecule has 0 aromatic carbocycles. The number of rotatable bonds is 2. The fraction of sp³-hybridized carbons (Fsp3) is 0.550. The third-order valence-corrected chi connectivity index (χ3v) is 5.94. The monoisotopic (exact) mass is 389 g/mol. The number of allylic oxidation sites excluding steroid dienone is 3. The first-order valence-electron chi connectivity index (χ1n) is 9.02. The normalized spacial score (nSPS) is 31.7. The van der Waals surface area contributed by atoms with E-state index in [1.165, 1.54) is 5.57 Å². The zero-order valence-corrected chi connectivity index (χ0v) is 20.1. The van der Waals surface area contributed by atoms with Crippen LogP contribution < -0.4 is 64.2 Å². The maximum atomic E-state index is 11.8. The molecule has 4 aliphatic rings. The number of carbonyl (C=O) groups excluding carboxylic acids is 2. The van der Waals surface area contributed by atoms with Gasteiger partial charge in [0.2, 0.25) is 0 Å². The van der Waals surface area contributed by atoms with Crippen LogP contribution >= 0.6 is 0 Å². The Morgan fingerprint density at radius 1 is 1.11 bits per heavy atom. The maximum Gasteiger partial charge on any atom is 1.00 e. The number of hydrogen-bond donors (Lipinski definition) is 0. The minimum Gasteiger partial charge on any atom is -0.870 e. The first-order valence-corrected chi connectivity index (χ1v) is 9.02. The molecule has 4 rings (SSSR count). The Labute approximate surface area is 204 Å². The van der Waals surface area contributed by atoms with Crippen molar-refractivity contribution in [1.82, 2.24) is 0 Å². The predicted molar refractivity (Wildman–Crippen MR) is 88.2 cm³/mol. The SMILES string of the molecule is O=C1C=CC2=C(C3CCCCC3C(=O)[O-])C3CC[CH-]CC3OC2=C1.[Na+].[Na+].[OH-]. The Balaban J connectivity index is 0.00000121. The van der Waals surface area contributed by atoms with Gasteiger partial charge in [0.25, 0.3) is 0 Å². The van der Waals surface area contributed by atoms with Gasteiger partial charge in [-0.1, -0.05) is 19.3 Å². The summed E-state index contributed by atoms with van der Waals surface area (Å²) in [7, 11) is 0. The van der Waals surface area contributed by atoms with Gasteiger partial charge in [0.1, 0.15) is 5.76 Å². The number of ether oxygens (including phenoxy) is 1. The minimum atomic E-state index is -0.931. The smallest absolute Gasteiger partial charge is 0.870 e. The van der Waals surface area contributed by atoms with Crippen molar-refractivity contribution in [3.8, 4) is 0 Å².